The molecule has 0 saturated heterocycles. The summed E-state index contributed by atoms with van der Waals surface area (Å²) < 4.78 is 15.0. The van der Waals surface area contributed by atoms with Crippen molar-refractivity contribution in [3.63, 3.8) is 0 Å². The predicted octanol–water partition coefficient (Wildman–Crippen LogP) is 10.0. The molecule has 50 heavy (non-hydrogen) atoms. The third-order valence-electron chi connectivity index (χ3n) is 9.31. The van der Waals surface area contributed by atoms with Crippen molar-refractivity contribution in [1.82, 2.24) is 24.3 Å². The number of hydrogen-bond acceptors (Lipinski definition) is 8. The van der Waals surface area contributed by atoms with Gasteiger partial charge in [-0.3, -0.25) is 4.79 Å². The minimum absolute atomic E-state index is 0.0868. The molecule has 0 radical (unpaired) electrons. The van der Waals surface area contributed by atoms with Gasteiger partial charge in [0.15, 0.2) is 22.4 Å². The summed E-state index contributed by atoms with van der Waals surface area (Å²) in [6.07, 6.45) is 0. The normalized spacial score (nSPS) is 12.1. The minimum atomic E-state index is -0.0868. The fraction of sp³-hybridized carbons (Fsp3) is 0. The summed E-state index contributed by atoms with van der Waals surface area (Å²) in [4.78, 5) is 34.0. The molecule has 8 nitrogen and oxygen atoms in total. The second-order valence-electron chi connectivity index (χ2n) is 12.3. The molecule has 11 aromatic rings. The molecule has 11 rings (SSSR count). The first-order chi connectivity index (χ1) is 24.6. The summed E-state index contributed by atoms with van der Waals surface area (Å²) in [5.74, 6) is 1.49. The number of fused-ring (bicyclic) bond motifs is 10. The van der Waals surface area contributed by atoms with Crippen LogP contribution in [-0.4, -0.2) is 24.3 Å². The van der Waals surface area contributed by atoms with Crippen molar-refractivity contribution < 1.29 is 8.83 Å². The molecule has 0 spiro atoms. The molecule has 5 aromatic heterocycles. The molecule has 0 unspecified atom stereocenters. The van der Waals surface area contributed by atoms with E-state index in [1.165, 1.54) is 11.3 Å². The summed E-state index contributed by atoms with van der Waals surface area (Å²) in [6, 6.07) is 41.5. The van der Waals surface area contributed by atoms with E-state index in [0.717, 1.165) is 70.8 Å². The maximum atomic E-state index is 13.5. The van der Waals surface area contributed by atoms with E-state index in [0.29, 0.717) is 33.3 Å². The first-order valence-electron chi connectivity index (χ1n) is 16.1. The lowest BCUT2D eigenvalue weighted by molar-refractivity contribution is 0.668. The van der Waals surface area contributed by atoms with E-state index in [9.17, 15) is 4.79 Å². The third-order valence-corrected chi connectivity index (χ3v) is 10.3. The van der Waals surface area contributed by atoms with Crippen LogP contribution in [0.25, 0.3) is 104 Å². The Hall–Kier alpha value is -6.71. The van der Waals surface area contributed by atoms with Crippen LogP contribution in [0.5, 0.6) is 0 Å². The molecule has 5 heterocycles. The van der Waals surface area contributed by atoms with Gasteiger partial charge in [-0.05, 0) is 66.7 Å². The minimum Gasteiger partial charge on any atom is -0.456 e. The Kier molecular flexibility index (Phi) is 5.53. The average molecular weight is 664 g/mol. The monoisotopic (exact) mass is 663 g/mol. The molecule has 0 aliphatic rings. The van der Waals surface area contributed by atoms with Crippen LogP contribution >= 0.6 is 11.3 Å². The lowest BCUT2D eigenvalue weighted by Gasteiger charge is -2.09. The topological polar surface area (TPSA) is 99.3 Å². The summed E-state index contributed by atoms with van der Waals surface area (Å²) in [6.45, 7) is 0. The van der Waals surface area contributed by atoms with Gasteiger partial charge >= 0.3 is 0 Å². The van der Waals surface area contributed by atoms with Gasteiger partial charge in [0.2, 0.25) is 0 Å². The van der Waals surface area contributed by atoms with Crippen LogP contribution < -0.4 is 5.56 Å². The standard InChI is InChI=1S/C41H21N5O3S/c47-40-29-9-3-6-12-36(29)50-41-42-30-19-22(15-18-31(30)46(40)41)37-43-38(23-13-16-27-25-7-1-4-10-32(25)48-34(27)20-23)45-39(44-37)24-14-17-28-26-8-2-5-11-33(26)49-35(28)21-24/h1-21H. The highest BCUT2D eigenvalue weighted by Crippen LogP contribution is 2.35. The Labute approximate surface area is 285 Å². The second-order valence-corrected chi connectivity index (χ2v) is 13.3. The van der Waals surface area contributed by atoms with E-state index in [1.807, 2.05) is 103 Å². The van der Waals surface area contributed by atoms with Crippen LogP contribution in [0.4, 0.5) is 0 Å². The van der Waals surface area contributed by atoms with Gasteiger partial charge in [0.25, 0.3) is 5.56 Å². The predicted molar refractivity (Wildman–Crippen MR) is 199 cm³/mol. The van der Waals surface area contributed by atoms with E-state index in [2.05, 4.69) is 24.3 Å². The van der Waals surface area contributed by atoms with Crippen LogP contribution in [-0.2, 0) is 0 Å². The summed E-state index contributed by atoms with van der Waals surface area (Å²) in [5.41, 5.74) is 6.83. The quantitative estimate of drug-likeness (QED) is 0.185. The van der Waals surface area contributed by atoms with Crippen LogP contribution in [0.3, 0.4) is 0 Å². The number of hydrogen-bond donors (Lipinski definition) is 0. The molecule has 6 aromatic carbocycles. The molecule has 0 saturated carbocycles. The number of furan rings is 2. The summed E-state index contributed by atoms with van der Waals surface area (Å²) in [5, 5.41) is 4.83. The number of nitrogens with zero attached hydrogens (tertiary/aromatic N) is 5. The SMILES string of the molecule is O=c1c2ccccc2sc2nc3cc(-c4nc(-c5ccc6c(c5)oc5ccccc56)nc(-c5ccc6c(c5)oc5ccccc56)n4)ccc3n12. The number of benzene rings is 6. The molecule has 0 atom stereocenters. The molecule has 0 amide bonds. The fourth-order valence-electron chi connectivity index (χ4n) is 6.91. The Morgan fingerprint density at radius 2 is 0.980 bits per heavy atom. The molecule has 0 N–H and O–H groups in total. The van der Waals surface area contributed by atoms with Crippen LogP contribution in [0.2, 0.25) is 0 Å². The second kappa shape index (κ2) is 10.1. The lowest BCUT2D eigenvalue weighted by atomic mass is 10.1. The highest BCUT2D eigenvalue weighted by Gasteiger charge is 2.18. The van der Waals surface area contributed by atoms with Crippen molar-refractivity contribution in [1.29, 1.82) is 0 Å². The number of aromatic nitrogens is 5. The van der Waals surface area contributed by atoms with Gasteiger partial charge in [-0.1, -0.05) is 72.0 Å². The average Bonchev–Trinajstić information content (AvgIpc) is 3.84. The maximum Gasteiger partial charge on any atom is 0.266 e. The van der Waals surface area contributed by atoms with Gasteiger partial charge < -0.3 is 8.83 Å². The Morgan fingerprint density at radius 1 is 0.480 bits per heavy atom. The zero-order chi connectivity index (χ0) is 32.9. The fourth-order valence-corrected chi connectivity index (χ4v) is 7.93. The number of imidazole rings is 1. The Balaban J connectivity index is 1.12. The number of para-hydroxylation sites is 2. The van der Waals surface area contributed by atoms with Crippen molar-refractivity contribution in [2.24, 2.45) is 0 Å². The van der Waals surface area contributed by atoms with Gasteiger partial charge in [-0.25, -0.2) is 24.3 Å². The largest absolute Gasteiger partial charge is 0.456 e. The molecule has 0 aliphatic carbocycles. The van der Waals surface area contributed by atoms with Crippen LogP contribution in [0.1, 0.15) is 0 Å². The molecular formula is C41H21N5O3S. The van der Waals surface area contributed by atoms with Crippen LogP contribution in [0.15, 0.2) is 141 Å². The van der Waals surface area contributed by atoms with Crippen molar-refractivity contribution in [3.8, 4) is 34.2 Å². The summed E-state index contributed by atoms with van der Waals surface area (Å²) in [7, 11) is 0. The van der Waals surface area contributed by atoms with Gasteiger partial charge in [0.05, 0.1) is 16.4 Å². The van der Waals surface area contributed by atoms with E-state index >= 15 is 0 Å². The van der Waals surface area contributed by atoms with Gasteiger partial charge in [-0.2, -0.15) is 0 Å². The molecule has 9 heteroatoms. The third kappa shape index (κ3) is 4.01. The van der Waals surface area contributed by atoms with E-state index < -0.39 is 0 Å². The first-order valence-corrected chi connectivity index (χ1v) is 16.9. The number of rotatable bonds is 3. The molecule has 0 bridgehead atoms. The van der Waals surface area contributed by atoms with Gasteiger partial charge in [0, 0.05) is 42.9 Å². The lowest BCUT2D eigenvalue weighted by Crippen LogP contribution is -2.11. The smallest absolute Gasteiger partial charge is 0.266 e. The van der Waals surface area contributed by atoms with Gasteiger partial charge in [-0.15, -0.1) is 0 Å². The van der Waals surface area contributed by atoms with E-state index in [1.54, 1.807) is 4.40 Å². The zero-order valence-electron chi connectivity index (χ0n) is 26.0. The van der Waals surface area contributed by atoms with Crippen LogP contribution in [0, 0.1) is 0 Å². The van der Waals surface area contributed by atoms with Crippen molar-refractivity contribution in [3.05, 3.63) is 138 Å². The van der Waals surface area contributed by atoms with Crippen molar-refractivity contribution >= 4 is 81.3 Å². The van der Waals surface area contributed by atoms with Gasteiger partial charge in [0.1, 0.15) is 22.3 Å². The van der Waals surface area contributed by atoms with E-state index in [4.69, 9.17) is 28.8 Å². The first kappa shape index (κ1) is 27.3. The maximum absolute atomic E-state index is 13.5. The van der Waals surface area contributed by atoms with Crippen molar-refractivity contribution in [2.45, 2.75) is 0 Å². The molecule has 234 valence electrons. The highest BCUT2D eigenvalue weighted by atomic mass is 32.1. The van der Waals surface area contributed by atoms with Crippen molar-refractivity contribution in [2.75, 3.05) is 0 Å². The van der Waals surface area contributed by atoms with E-state index in [-0.39, 0.29) is 5.56 Å². The zero-order valence-corrected chi connectivity index (χ0v) is 26.8. The highest BCUT2D eigenvalue weighted by molar-refractivity contribution is 7.23. The molecule has 0 fully saturated rings. The Morgan fingerprint density at radius 3 is 1.60 bits per heavy atom. The molecule has 0 aliphatic heterocycles. The molecular weight excluding hydrogens is 643 g/mol. The Bertz CT molecular complexity index is 3130. The summed E-state index contributed by atoms with van der Waals surface area (Å²) >= 11 is 1.49.